The molecule has 0 bridgehead atoms. The van der Waals surface area contributed by atoms with Crippen molar-refractivity contribution in [2.45, 2.75) is 51.2 Å². The predicted molar refractivity (Wildman–Crippen MR) is 122 cm³/mol. The standard InChI is InChI=1S/C23H31N3O5S/c1-5-31-20-13-19(14-24-15-20)21-7-6-18(12-16(21)2)17-8-10-26(11-9-17)32(29,30)23(3,4)22(27)25-28/h6-7,12-15,17,28H,5,8-11H2,1-4H3,(H,25,27). The molecule has 8 nitrogen and oxygen atoms in total. The first-order valence-electron chi connectivity index (χ1n) is 10.7. The number of rotatable bonds is 7. The maximum absolute atomic E-state index is 12.9. The van der Waals surface area contributed by atoms with Crippen molar-refractivity contribution in [3.05, 3.63) is 47.8 Å². The molecule has 1 saturated heterocycles. The largest absolute Gasteiger partial charge is 0.492 e. The van der Waals surface area contributed by atoms with E-state index in [1.165, 1.54) is 29.2 Å². The lowest BCUT2D eigenvalue weighted by molar-refractivity contribution is -0.131. The Morgan fingerprint density at radius 1 is 1.25 bits per heavy atom. The fourth-order valence-corrected chi connectivity index (χ4v) is 5.70. The van der Waals surface area contributed by atoms with Gasteiger partial charge in [0.1, 0.15) is 5.75 Å². The quantitative estimate of drug-likeness (QED) is 0.484. The number of pyridine rings is 1. The third kappa shape index (κ3) is 4.65. The SMILES string of the molecule is CCOc1cncc(-c2ccc(C3CCN(S(=O)(=O)C(C)(C)C(=O)NO)CC3)cc2C)c1. The molecule has 0 atom stereocenters. The van der Waals surface area contributed by atoms with E-state index in [0.29, 0.717) is 32.5 Å². The highest BCUT2D eigenvalue weighted by Crippen LogP contribution is 2.34. The summed E-state index contributed by atoms with van der Waals surface area (Å²) < 4.78 is 31.0. The van der Waals surface area contributed by atoms with Crippen LogP contribution in [0, 0.1) is 6.92 Å². The fourth-order valence-electron chi connectivity index (χ4n) is 4.08. The van der Waals surface area contributed by atoms with E-state index in [-0.39, 0.29) is 5.92 Å². The van der Waals surface area contributed by atoms with Crippen molar-refractivity contribution >= 4 is 15.9 Å². The monoisotopic (exact) mass is 461 g/mol. The lowest BCUT2D eigenvalue weighted by Crippen LogP contribution is -2.54. The zero-order valence-corrected chi connectivity index (χ0v) is 19.8. The Labute approximate surface area is 189 Å². The number of hydroxylamine groups is 1. The number of ether oxygens (including phenoxy) is 1. The lowest BCUT2D eigenvalue weighted by atomic mass is 9.87. The van der Waals surface area contributed by atoms with Crippen LogP contribution in [0.5, 0.6) is 5.75 Å². The average Bonchev–Trinajstić information content (AvgIpc) is 2.78. The molecule has 9 heteroatoms. The summed E-state index contributed by atoms with van der Waals surface area (Å²) in [7, 11) is -3.90. The molecule has 1 amide bonds. The highest BCUT2D eigenvalue weighted by Gasteiger charge is 2.46. The fraction of sp³-hybridized carbons (Fsp3) is 0.478. The number of sulfonamides is 1. The second-order valence-electron chi connectivity index (χ2n) is 8.55. The first-order chi connectivity index (χ1) is 15.1. The van der Waals surface area contributed by atoms with Crippen LogP contribution in [-0.2, 0) is 14.8 Å². The highest BCUT2D eigenvalue weighted by molar-refractivity contribution is 7.91. The Morgan fingerprint density at radius 2 is 1.94 bits per heavy atom. The summed E-state index contributed by atoms with van der Waals surface area (Å²) in [6.45, 7) is 7.84. The molecule has 0 unspecified atom stereocenters. The normalized spacial score (nSPS) is 16.0. The van der Waals surface area contributed by atoms with Gasteiger partial charge in [-0.25, -0.2) is 18.2 Å². The van der Waals surface area contributed by atoms with Gasteiger partial charge in [0.25, 0.3) is 5.91 Å². The summed E-state index contributed by atoms with van der Waals surface area (Å²) in [5.74, 6) is 0.0328. The lowest BCUT2D eigenvalue weighted by Gasteiger charge is -2.36. The first-order valence-corrected chi connectivity index (χ1v) is 12.2. The van der Waals surface area contributed by atoms with E-state index in [9.17, 15) is 13.2 Å². The van der Waals surface area contributed by atoms with Gasteiger partial charge in [0.05, 0.1) is 12.8 Å². The van der Waals surface area contributed by atoms with E-state index in [2.05, 4.69) is 30.1 Å². The van der Waals surface area contributed by atoms with E-state index in [0.717, 1.165) is 22.4 Å². The van der Waals surface area contributed by atoms with Crippen LogP contribution in [-0.4, -0.2) is 53.3 Å². The number of aromatic nitrogens is 1. The minimum atomic E-state index is -3.90. The molecule has 0 aliphatic carbocycles. The summed E-state index contributed by atoms with van der Waals surface area (Å²) in [5, 5.41) is 8.90. The minimum Gasteiger partial charge on any atom is -0.492 e. The van der Waals surface area contributed by atoms with Crippen LogP contribution in [0.3, 0.4) is 0 Å². The molecule has 0 radical (unpaired) electrons. The van der Waals surface area contributed by atoms with E-state index in [1.807, 2.05) is 19.2 Å². The molecule has 1 aliphatic heterocycles. The van der Waals surface area contributed by atoms with Crippen LogP contribution in [0.4, 0.5) is 0 Å². The van der Waals surface area contributed by atoms with Crippen LogP contribution < -0.4 is 10.2 Å². The first kappa shape index (κ1) is 24.2. The Bertz CT molecular complexity index is 1080. The second-order valence-corrected chi connectivity index (χ2v) is 11.0. The van der Waals surface area contributed by atoms with E-state index in [1.54, 1.807) is 6.20 Å². The number of aryl methyl sites for hydroxylation is 1. The van der Waals surface area contributed by atoms with Crippen molar-refractivity contribution in [3.8, 4) is 16.9 Å². The predicted octanol–water partition coefficient (Wildman–Crippen LogP) is 3.25. The summed E-state index contributed by atoms with van der Waals surface area (Å²) >= 11 is 0. The highest BCUT2D eigenvalue weighted by atomic mass is 32.2. The van der Waals surface area contributed by atoms with Gasteiger partial charge in [0.2, 0.25) is 10.0 Å². The molecule has 174 valence electrons. The third-order valence-electron chi connectivity index (χ3n) is 6.14. The van der Waals surface area contributed by atoms with Gasteiger partial charge < -0.3 is 4.74 Å². The second kappa shape index (κ2) is 9.56. The molecule has 2 N–H and O–H groups in total. The van der Waals surface area contributed by atoms with Gasteiger partial charge in [-0.3, -0.25) is 15.0 Å². The van der Waals surface area contributed by atoms with Crippen LogP contribution in [0.2, 0.25) is 0 Å². The van der Waals surface area contributed by atoms with Crippen LogP contribution in [0.25, 0.3) is 11.1 Å². The molecule has 1 fully saturated rings. The van der Waals surface area contributed by atoms with Crippen molar-refractivity contribution < 1.29 is 23.2 Å². The number of carbonyl (C=O) groups is 1. The zero-order chi connectivity index (χ0) is 23.5. The molecule has 2 aromatic rings. The van der Waals surface area contributed by atoms with Crippen LogP contribution in [0.15, 0.2) is 36.7 Å². The van der Waals surface area contributed by atoms with Crippen LogP contribution in [0.1, 0.15) is 50.7 Å². The summed E-state index contributed by atoms with van der Waals surface area (Å²) in [4.78, 5) is 16.1. The minimum absolute atomic E-state index is 0.233. The van der Waals surface area contributed by atoms with E-state index in [4.69, 9.17) is 9.94 Å². The Hall–Kier alpha value is -2.49. The number of amides is 1. The molecule has 1 aromatic carbocycles. The summed E-state index contributed by atoms with van der Waals surface area (Å²) in [5.41, 5.74) is 5.83. The Morgan fingerprint density at radius 3 is 2.53 bits per heavy atom. The maximum Gasteiger partial charge on any atom is 0.265 e. The molecule has 32 heavy (non-hydrogen) atoms. The van der Waals surface area contributed by atoms with E-state index < -0.39 is 20.7 Å². The molecule has 2 heterocycles. The number of benzene rings is 1. The van der Waals surface area contributed by atoms with Gasteiger partial charge in [0, 0.05) is 24.8 Å². The molecular formula is C23H31N3O5S. The van der Waals surface area contributed by atoms with Gasteiger partial charge >= 0.3 is 0 Å². The molecule has 3 rings (SSSR count). The summed E-state index contributed by atoms with van der Waals surface area (Å²) in [6, 6.07) is 8.30. The maximum atomic E-state index is 12.9. The smallest absolute Gasteiger partial charge is 0.265 e. The van der Waals surface area contributed by atoms with Gasteiger partial charge in [-0.15, -0.1) is 0 Å². The van der Waals surface area contributed by atoms with Crippen molar-refractivity contribution in [1.82, 2.24) is 14.8 Å². The molecule has 1 aromatic heterocycles. The van der Waals surface area contributed by atoms with Gasteiger partial charge in [0.15, 0.2) is 4.75 Å². The van der Waals surface area contributed by atoms with Gasteiger partial charge in [-0.05, 0) is 69.2 Å². The zero-order valence-electron chi connectivity index (χ0n) is 19.0. The third-order valence-corrected chi connectivity index (χ3v) is 8.66. The van der Waals surface area contributed by atoms with Gasteiger partial charge in [-0.2, -0.15) is 0 Å². The average molecular weight is 462 g/mol. The molecule has 1 aliphatic rings. The number of nitrogens with one attached hydrogen (secondary N) is 1. The van der Waals surface area contributed by atoms with Crippen LogP contribution >= 0.6 is 0 Å². The van der Waals surface area contributed by atoms with Crippen molar-refractivity contribution in [2.75, 3.05) is 19.7 Å². The number of hydrogen-bond acceptors (Lipinski definition) is 6. The van der Waals surface area contributed by atoms with Crippen molar-refractivity contribution in [1.29, 1.82) is 0 Å². The summed E-state index contributed by atoms with van der Waals surface area (Å²) in [6.07, 6.45) is 4.84. The van der Waals surface area contributed by atoms with Crippen molar-refractivity contribution in [2.24, 2.45) is 0 Å². The topological polar surface area (TPSA) is 109 Å². The number of nitrogens with zero attached hydrogens (tertiary/aromatic N) is 2. The molecule has 0 saturated carbocycles. The van der Waals surface area contributed by atoms with Gasteiger partial charge in [-0.1, -0.05) is 18.2 Å². The van der Waals surface area contributed by atoms with Crippen molar-refractivity contribution in [3.63, 3.8) is 0 Å². The Kier molecular flexibility index (Phi) is 7.22. The molecule has 0 spiro atoms. The Balaban J connectivity index is 1.73. The number of hydrogen-bond donors (Lipinski definition) is 2. The number of piperidine rings is 1. The molecular weight excluding hydrogens is 430 g/mol. The van der Waals surface area contributed by atoms with E-state index >= 15 is 0 Å². The number of carbonyl (C=O) groups excluding carboxylic acids is 1.